The molecule has 1 aromatic carbocycles. The minimum Gasteiger partial charge on any atom is -1.00 e. The highest BCUT2D eigenvalue weighted by Gasteiger charge is 2.07. The molecule has 0 spiro atoms. The average Bonchev–Trinajstić information content (AvgIpc) is 2.47. The quantitative estimate of drug-likeness (QED) is 0.654. The minimum atomic E-state index is 0. The second-order valence-corrected chi connectivity index (χ2v) is 3.66. The summed E-state index contributed by atoms with van der Waals surface area (Å²) in [5.74, 6) is 0.508. The summed E-state index contributed by atoms with van der Waals surface area (Å²) in [6.45, 7) is 0. The summed E-state index contributed by atoms with van der Waals surface area (Å²) < 4.78 is 0. The molecular formula is C9H9ClN3S-. The van der Waals surface area contributed by atoms with Crippen LogP contribution in [0.25, 0.3) is 10.4 Å². The van der Waals surface area contributed by atoms with E-state index in [0.29, 0.717) is 10.9 Å². The molecule has 2 aromatic rings. The van der Waals surface area contributed by atoms with Gasteiger partial charge in [-0.15, -0.1) is 0 Å². The Morgan fingerprint density at radius 3 is 2.21 bits per heavy atom. The van der Waals surface area contributed by atoms with Crippen LogP contribution in [0.3, 0.4) is 0 Å². The molecule has 74 valence electrons. The van der Waals surface area contributed by atoms with Crippen LogP contribution in [0.1, 0.15) is 0 Å². The molecule has 0 unspecified atom stereocenters. The van der Waals surface area contributed by atoms with Gasteiger partial charge in [0.15, 0.2) is 5.13 Å². The smallest absolute Gasteiger partial charge is 0.182 e. The number of nitrogens with zero attached hydrogens (tertiary/aromatic N) is 1. The Labute approximate surface area is 92.2 Å². The van der Waals surface area contributed by atoms with E-state index >= 15 is 0 Å². The maximum atomic E-state index is 5.69. The molecule has 5 heteroatoms. The van der Waals surface area contributed by atoms with E-state index < -0.39 is 0 Å². The lowest BCUT2D eigenvalue weighted by atomic mass is 10.2. The van der Waals surface area contributed by atoms with E-state index in [1.54, 1.807) is 0 Å². The normalized spacial score (nSPS) is 9.43. The van der Waals surface area contributed by atoms with E-state index in [2.05, 4.69) is 4.98 Å². The fraction of sp³-hybridized carbons (Fsp3) is 0. The van der Waals surface area contributed by atoms with Gasteiger partial charge in [0.25, 0.3) is 0 Å². The van der Waals surface area contributed by atoms with E-state index in [9.17, 15) is 0 Å². The van der Waals surface area contributed by atoms with Crippen LogP contribution in [0.2, 0.25) is 0 Å². The molecule has 0 saturated heterocycles. The first-order valence-corrected chi connectivity index (χ1v) is 4.66. The maximum Gasteiger partial charge on any atom is 0.182 e. The molecule has 0 radical (unpaired) electrons. The van der Waals surface area contributed by atoms with Gasteiger partial charge in [-0.1, -0.05) is 41.7 Å². The van der Waals surface area contributed by atoms with Crippen LogP contribution < -0.4 is 23.9 Å². The molecule has 0 aliphatic carbocycles. The maximum absolute atomic E-state index is 5.69. The van der Waals surface area contributed by atoms with E-state index in [1.165, 1.54) is 11.3 Å². The van der Waals surface area contributed by atoms with Crippen LogP contribution in [-0.4, -0.2) is 4.98 Å². The van der Waals surface area contributed by atoms with Gasteiger partial charge in [0.05, 0.1) is 4.88 Å². The molecule has 0 amide bonds. The third kappa shape index (κ3) is 1.97. The van der Waals surface area contributed by atoms with Gasteiger partial charge < -0.3 is 23.9 Å². The van der Waals surface area contributed by atoms with Crippen molar-refractivity contribution in [2.45, 2.75) is 0 Å². The number of aromatic nitrogens is 1. The number of hydrogen-bond donors (Lipinski definition) is 2. The number of thiazole rings is 1. The summed E-state index contributed by atoms with van der Waals surface area (Å²) in [6.07, 6.45) is 0. The Bertz CT molecular complexity index is 413. The largest absolute Gasteiger partial charge is 1.00 e. The zero-order valence-electron chi connectivity index (χ0n) is 7.27. The first kappa shape index (κ1) is 10.8. The first-order valence-electron chi connectivity index (χ1n) is 3.84. The summed E-state index contributed by atoms with van der Waals surface area (Å²) >= 11 is 1.41. The van der Waals surface area contributed by atoms with Gasteiger partial charge >= 0.3 is 0 Å². The molecule has 0 saturated carbocycles. The summed E-state index contributed by atoms with van der Waals surface area (Å²) in [5.41, 5.74) is 12.3. The summed E-state index contributed by atoms with van der Waals surface area (Å²) in [5, 5.41) is 0.511. The number of rotatable bonds is 1. The standard InChI is InChI=1S/C9H9N3S.ClH/c10-8-7(13-9(11)12-8)6-4-2-1-3-5-6;/h1-5H,10H2,(H2,11,12);1H/p-1. The molecule has 0 aliphatic heterocycles. The second kappa shape index (κ2) is 4.30. The summed E-state index contributed by atoms with van der Waals surface area (Å²) in [7, 11) is 0. The fourth-order valence-corrected chi connectivity index (χ4v) is 1.90. The number of halogens is 1. The highest BCUT2D eigenvalue weighted by Crippen LogP contribution is 2.32. The second-order valence-electron chi connectivity index (χ2n) is 2.63. The van der Waals surface area contributed by atoms with E-state index in [1.807, 2.05) is 30.3 Å². The molecule has 3 nitrogen and oxygen atoms in total. The van der Waals surface area contributed by atoms with Gasteiger partial charge in [0.2, 0.25) is 0 Å². The van der Waals surface area contributed by atoms with Crippen molar-refractivity contribution in [3.63, 3.8) is 0 Å². The van der Waals surface area contributed by atoms with Crippen molar-refractivity contribution in [2.75, 3.05) is 11.5 Å². The predicted octanol–water partition coefficient (Wildman–Crippen LogP) is -1.02. The van der Waals surface area contributed by atoms with Gasteiger partial charge in [-0.2, -0.15) is 0 Å². The zero-order valence-corrected chi connectivity index (χ0v) is 8.85. The first-order chi connectivity index (χ1) is 6.27. The highest BCUT2D eigenvalue weighted by molar-refractivity contribution is 7.19. The van der Waals surface area contributed by atoms with Crippen molar-refractivity contribution in [2.24, 2.45) is 0 Å². The van der Waals surface area contributed by atoms with E-state index in [4.69, 9.17) is 11.5 Å². The van der Waals surface area contributed by atoms with Gasteiger partial charge in [0, 0.05) is 0 Å². The van der Waals surface area contributed by atoms with Crippen molar-refractivity contribution >= 4 is 22.3 Å². The molecule has 14 heavy (non-hydrogen) atoms. The van der Waals surface area contributed by atoms with Crippen LogP contribution in [0.4, 0.5) is 10.9 Å². The third-order valence-electron chi connectivity index (χ3n) is 1.71. The van der Waals surface area contributed by atoms with Crippen LogP contribution in [0, 0.1) is 0 Å². The van der Waals surface area contributed by atoms with Gasteiger partial charge in [-0.05, 0) is 5.56 Å². The third-order valence-corrected chi connectivity index (χ3v) is 2.66. The van der Waals surface area contributed by atoms with Crippen molar-refractivity contribution < 1.29 is 12.4 Å². The molecule has 4 N–H and O–H groups in total. The molecule has 2 rings (SSSR count). The Balaban J connectivity index is 0.000000980. The summed E-state index contributed by atoms with van der Waals surface area (Å²) in [4.78, 5) is 4.90. The monoisotopic (exact) mass is 226 g/mol. The van der Waals surface area contributed by atoms with E-state index in [0.717, 1.165) is 10.4 Å². The molecule has 1 aromatic heterocycles. The van der Waals surface area contributed by atoms with Gasteiger partial charge in [-0.3, -0.25) is 0 Å². The Kier molecular flexibility index (Phi) is 3.33. The lowest BCUT2D eigenvalue weighted by Crippen LogP contribution is -3.00. The Hall–Kier alpha value is -1.26. The molecular weight excluding hydrogens is 218 g/mol. The van der Waals surface area contributed by atoms with Crippen LogP contribution in [0.5, 0.6) is 0 Å². The molecule has 0 fully saturated rings. The van der Waals surface area contributed by atoms with Gasteiger partial charge in [-0.25, -0.2) is 4.98 Å². The topological polar surface area (TPSA) is 64.9 Å². The molecule has 0 aliphatic rings. The van der Waals surface area contributed by atoms with Crippen LogP contribution in [-0.2, 0) is 0 Å². The van der Waals surface area contributed by atoms with Crippen molar-refractivity contribution in [3.8, 4) is 10.4 Å². The lowest BCUT2D eigenvalue weighted by molar-refractivity contribution is -0.00000265. The Morgan fingerprint density at radius 1 is 1.07 bits per heavy atom. The highest BCUT2D eigenvalue weighted by atomic mass is 35.5. The van der Waals surface area contributed by atoms with Gasteiger partial charge in [0.1, 0.15) is 5.82 Å². The van der Waals surface area contributed by atoms with Crippen LogP contribution in [0.15, 0.2) is 30.3 Å². The van der Waals surface area contributed by atoms with Crippen LogP contribution >= 0.6 is 11.3 Å². The molecule has 1 heterocycles. The number of benzene rings is 1. The minimum absolute atomic E-state index is 0. The predicted molar refractivity (Wildman–Crippen MR) is 56.4 cm³/mol. The van der Waals surface area contributed by atoms with Crippen molar-refractivity contribution in [1.29, 1.82) is 0 Å². The fourth-order valence-electron chi connectivity index (χ4n) is 1.15. The van der Waals surface area contributed by atoms with Crippen molar-refractivity contribution in [1.82, 2.24) is 4.98 Å². The number of nitrogens with two attached hydrogens (primary N) is 2. The number of nitrogen functional groups attached to an aromatic ring is 2. The zero-order chi connectivity index (χ0) is 9.26. The lowest BCUT2D eigenvalue weighted by Gasteiger charge is -1.95. The SMILES string of the molecule is Nc1nc(N)c(-c2ccccc2)s1.[Cl-]. The van der Waals surface area contributed by atoms with E-state index in [-0.39, 0.29) is 12.4 Å². The molecule has 0 atom stereocenters. The number of hydrogen-bond acceptors (Lipinski definition) is 4. The molecule has 0 bridgehead atoms. The summed E-state index contributed by atoms with van der Waals surface area (Å²) in [6, 6.07) is 9.87. The number of anilines is 2. The average molecular weight is 227 g/mol. The van der Waals surface area contributed by atoms with Crippen molar-refractivity contribution in [3.05, 3.63) is 30.3 Å². The Morgan fingerprint density at radius 2 is 1.71 bits per heavy atom.